The summed E-state index contributed by atoms with van der Waals surface area (Å²) in [5.41, 5.74) is 2.30. The molecule has 7 heteroatoms. The van der Waals surface area contributed by atoms with Crippen LogP contribution in [-0.4, -0.2) is 31.3 Å². The first kappa shape index (κ1) is 20.3. The lowest BCUT2D eigenvalue weighted by Gasteiger charge is -2.09. The molecule has 1 N–H and O–H groups in total. The van der Waals surface area contributed by atoms with Crippen molar-refractivity contribution < 1.29 is 23.5 Å². The third-order valence-corrected chi connectivity index (χ3v) is 4.40. The van der Waals surface area contributed by atoms with Crippen molar-refractivity contribution in [1.29, 1.82) is 0 Å². The van der Waals surface area contributed by atoms with Crippen molar-refractivity contribution in [1.82, 2.24) is 10.5 Å². The maximum absolute atomic E-state index is 12.2. The van der Waals surface area contributed by atoms with E-state index in [0.717, 1.165) is 28.5 Å². The van der Waals surface area contributed by atoms with Gasteiger partial charge >= 0.3 is 0 Å². The lowest BCUT2D eigenvalue weighted by atomic mass is 10.2. The van der Waals surface area contributed by atoms with Gasteiger partial charge in [-0.25, -0.2) is 0 Å². The van der Waals surface area contributed by atoms with Crippen LogP contribution in [0.2, 0.25) is 0 Å². The lowest BCUT2D eigenvalue weighted by Crippen LogP contribution is -2.28. The summed E-state index contributed by atoms with van der Waals surface area (Å²) in [7, 11) is 1.61. The fourth-order valence-electron chi connectivity index (χ4n) is 2.67. The summed E-state index contributed by atoms with van der Waals surface area (Å²) in [4.78, 5) is 12.2. The molecule has 1 amide bonds. The van der Waals surface area contributed by atoms with Crippen LogP contribution in [0.1, 0.15) is 27.4 Å². The molecule has 1 heterocycles. The topological polar surface area (TPSA) is 82.8 Å². The van der Waals surface area contributed by atoms with E-state index >= 15 is 0 Å². The summed E-state index contributed by atoms with van der Waals surface area (Å²) in [6, 6.07) is 14.3. The number of amides is 1. The zero-order valence-corrected chi connectivity index (χ0v) is 16.7. The van der Waals surface area contributed by atoms with Gasteiger partial charge in [-0.2, -0.15) is 0 Å². The van der Waals surface area contributed by atoms with E-state index in [0.29, 0.717) is 31.1 Å². The number of hydrogen-bond donors (Lipinski definition) is 1. The SMILES string of the molecule is COc1ccc(OCCNC(=O)c2ccc(OCc3c(C)noc3C)cc2)cc1. The molecule has 7 nitrogen and oxygen atoms in total. The van der Waals surface area contributed by atoms with Crippen molar-refractivity contribution in [2.75, 3.05) is 20.3 Å². The van der Waals surface area contributed by atoms with Crippen molar-refractivity contribution in [3.63, 3.8) is 0 Å². The van der Waals surface area contributed by atoms with E-state index in [1.807, 2.05) is 38.1 Å². The van der Waals surface area contributed by atoms with Crippen molar-refractivity contribution >= 4 is 5.91 Å². The minimum atomic E-state index is -0.166. The predicted octanol–water partition coefficient (Wildman–Crippen LogP) is 3.69. The first-order valence-electron chi connectivity index (χ1n) is 9.26. The average Bonchev–Trinajstić information content (AvgIpc) is 3.07. The van der Waals surface area contributed by atoms with Gasteiger partial charge in [-0.15, -0.1) is 0 Å². The van der Waals surface area contributed by atoms with Crippen molar-refractivity contribution in [3.8, 4) is 17.2 Å². The molecule has 152 valence electrons. The van der Waals surface area contributed by atoms with E-state index in [4.69, 9.17) is 18.7 Å². The molecule has 0 bridgehead atoms. The molecule has 0 atom stereocenters. The molecule has 29 heavy (non-hydrogen) atoms. The number of carbonyl (C=O) groups is 1. The Hall–Kier alpha value is -3.48. The van der Waals surface area contributed by atoms with Gasteiger partial charge in [0.2, 0.25) is 0 Å². The van der Waals surface area contributed by atoms with Crippen LogP contribution in [-0.2, 0) is 6.61 Å². The maximum Gasteiger partial charge on any atom is 0.251 e. The molecule has 0 radical (unpaired) electrons. The second-order valence-electron chi connectivity index (χ2n) is 6.40. The summed E-state index contributed by atoms with van der Waals surface area (Å²) in [5, 5.41) is 6.74. The second-order valence-corrected chi connectivity index (χ2v) is 6.40. The molecule has 2 aromatic carbocycles. The molecular weight excluding hydrogens is 372 g/mol. The van der Waals surface area contributed by atoms with Gasteiger partial charge in [0.1, 0.15) is 36.2 Å². The maximum atomic E-state index is 12.2. The monoisotopic (exact) mass is 396 g/mol. The molecule has 1 aromatic heterocycles. The number of benzene rings is 2. The Morgan fingerprint density at radius 1 is 0.966 bits per heavy atom. The summed E-state index contributed by atoms with van der Waals surface area (Å²) in [6.45, 7) is 4.87. The van der Waals surface area contributed by atoms with Crippen molar-refractivity contribution in [2.45, 2.75) is 20.5 Å². The summed E-state index contributed by atoms with van der Waals surface area (Å²) in [6.07, 6.45) is 0. The minimum Gasteiger partial charge on any atom is -0.497 e. The quantitative estimate of drug-likeness (QED) is 0.556. The number of aromatic nitrogens is 1. The number of aryl methyl sites for hydroxylation is 2. The number of hydrogen-bond acceptors (Lipinski definition) is 6. The Morgan fingerprint density at radius 3 is 2.21 bits per heavy atom. The normalized spacial score (nSPS) is 10.4. The highest BCUT2D eigenvalue weighted by Crippen LogP contribution is 2.18. The number of carbonyl (C=O) groups excluding carboxylic acids is 1. The molecule has 0 aliphatic carbocycles. The van der Waals surface area contributed by atoms with Gasteiger partial charge in [-0.3, -0.25) is 4.79 Å². The van der Waals surface area contributed by atoms with E-state index in [9.17, 15) is 4.79 Å². The lowest BCUT2D eigenvalue weighted by molar-refractivity contribution is 0.0947. The molecule has 0 saturated heterocycles. The summed E-state index contributed by atoms with van der Waals surface area (Å²) < 4.78 is 21.6. The number of nitrogens with one attached hydrogen (secondary N) is 1. The largest absolute Gasteiger partial charge is 0.497 e. The van der Waals surface area contributed by atoms with Gasteiger partial charge in [-0.1, -0.05) is 5.16 Å². The number of nitrogens with zero attached hydrogens (tertiary/aromatic N) is 1. The zero-order valence-electron chi connectivity index (χ0n) is 16.7. The first-order valence-corrected chi connectivity index (χ1v) is 9.26. The predicted molar refractivity (Wildman–Crippen MR) is 108 cm³/mol. The van der Waals surface area contributed by atoms with Crippen LogP contribution in [0.3, 0.4) is 0 Å². The Balaban J connectivity index is 1.42. The smallest absolute Gasteiger partial charge is 0.251 e. The second kappa shape index (κ2) is 9.64. The van der Waals surface area contributed by atoms with Gasteiger partial charge in [0.15, 0.2) is 0 Å². The van der Waals surface area contributed by atoms with Crippen LogP contribution in [0.5, 0.6) is 17.2 Å². The van der Waals surface area contributed by atoms with Crippen LogP contribution in [0.15, 0.2) is 53.1 Å². The highest BCUT2D eigenvalue weighted by atomic mass is 16.5. The molecule has 3 rings (SSSR count). The third kappa shape index (κ3) is 5.51. The zero-order chi connectivity index (χ0) is 20.6. The summed E-state index contributed by atoms with van der Waals surface area (Å²) >= 11 is 0. The Bertz CT molecular complexity index is 913. The number of ether oxygens (including phenoxy) is 3. The van der Waals surface area contributed by atoms with Crippen molar-refractivity contribution in [3.05, 3.63) is 71.1 Å². The number of rotatable bonds is 9. The van der Waals surface area contributed by atoms with Gasteiger partial charge in [-0.05, 0) is 62.4 Å². The fourth-order valence-corrected chi connectivity index (χ4v) is 2.67. The number of methoxy groups -OCH3 is 1. The fraction of sp³-hybridized carbons (Fsp3) is 0.273. The van der Waals surface area contributed by atoms with E-state index < -0.39 is 0 Å². The van der Waals surface area contributed by atoms with Crippen LogP contribution in [0.4, 0.5) is 0 Å². The molecule has 0 aliphatic rings. The highest BCUT2D eigenvalue weighted by molar-refractivity contribution is 5.94. The van der Waals surface area contributed by atoms with Crippen LogP contribution < -0.4 is 19.5 Å². The van der Waals surface area contributed by atoms with Gasteiger partial charge in [0.25, 0.3) is 5.91 Å². The standard InChI is InChI=1S/C22H24N2O5/c1-15-21(16(2)29-24-15)14-28-20-6-4-17(5-7-20)22(25)23-12-13-27-19-10-8-18(26-3)9-11-19/h4-11H,12-14H2,1-3H3,(H,23,25). The van der Waals surface area contributed by atoms with Gasteiger partial charge < -0.3 is 24.1 Å². The van der Waals surface area contributed by atoms with Crippen LogP contribution in [0, 0.1) is 13.8 Å². The highest BCUT2D eigenvalue weighted by Gasteiger charge is 2.10. The molecule has 0 saturated carbocycles. The third-order valence-electron chi connectivity index (χ3n) is 4.40. The Morgan fingerprint density at radius 2 is 1.59 bits per heavy atom. The molecule has 0 unspecified atom stereocenters. The van der Waals surface area contributed by atoms with E-state index in [-0.39, 0.29) is 5.91 Å². The van der Waals surface area contributed by atoms with Crippen LogP contribution >= 0.6 is 0 Å². The Kier molecular flexibility index (Phi) is 6.73. The first-order chi connectivity index (χ1) is 14.1. The van der Waals surface area contributed by atoms with E-state index in [1.54, 1.807) is 31.4 Å². The molecule has 0 fully saturated rings. The molecule has 0 aliphatic heterocycles. The molecule has 3 aromatic rings. The Labute approximate surface area is 169 Å². The van der Waals surface area contributed by atoms with E-state index in [2.05, 4.69) is 10.5 Å². The van der Waals surface area contributed by atoms with Gasteiger partial charge in [0, 0.05) is 5.56 Å². The van der Waals surface area contributed by atoms with Crippen LogP contribution in [0.25, 0.3) is 0 Å². The molecule has 0 spiro atoms. The molecular formula is C22H24N2O5. The average molecular weight is 396 g/mol. The van der Waals surface area contributed by atoms with Crippen molar-refractivity contribution in [2.24, 2.45) is 0 Å². The van der Waals surface area contributed by atoms with Gasteiger partial charge in [0.05, 0.1) is 24.9 Å². The summed E-state index contributed by atoms with van der Waals surface area (Å²) in [5.74, 6) is 2.74. The van der Waals surface area contributed by atoms with E-state index in [1.165, 1.54) is 0 Å². The minimum absolute atomic E-state index is 0.166.